The van der Waals surface area contributed by atoms with Crippen LogP contribution in [0.1, 0.15) is 27.2 Å². The smallest absolute Gasteiger partial charge is 0.149 e. The molecule has 1 unspecified atom stereocenters. The molecule has 0 saturated heterocycles. The van der Waals surface area contributed by atoms with Crippen LogP contribution in [0.15, 0.2) is 6.07 Å². The Morgan fingerprint density at radius 1 is 1.28 bits per heavy atom. The summed E-state index contributed by atoms with van der Waals surface area (Å²) in [6.07, 6.45) is 1.09. The largest absolute Gasteiger partial charge is 0.372 e. The van der Waals surface area contributed by atoms with Crippen LogP contribution in [0.5, 0.6) is 0 Å². The molecule has 1 heterocycles. The summed E-state index contributed by atoms with van der Waals surface area (Å²) in [5.41, 5.74) is 0. The Kier molecular flexibility index (Phi) is 5.54. The number of halogens is 2. The molecular weight excluding hydrogens is 269 g/mol. The molecule has 18 heavy (non-hydrogen) atoms. The summed E-state index contributed by atoms with van der Waals surface area (Å²) < 4.78 is 0. The minimum Gasteiger partial charge on any atom is -0.372 e. The number of anilines is 2. The van der Waals surface area contributed by atoms with Crippen LogP contribution in [-0.2, 0) is 0 Å². The van der Waals surface area contributed by atoms with Crippen molar-refractivity contribution in [1.29, 1.82) is 0 Å². The highest BCUT2D eigenvalue weighted by atomic mass is 35.5. The van der Waals surface area contributed by atoms with Crippen molar-refractivity contribution in [2.75, 3.05) is 24.3 Å². The monoisotopic (exact) mass is 289 g/mol. The first-order valence-corrected chi connectivity index (χ1v) is 6.89. The molecule has 0 fully saturated rings. The first-order chi connectivity index (χ1) is 8.36. The molecule has 1 aromatic rings. The van der Waals surface area contributed by atoms with Gasteiger partial charge in [-0.3, -0.25) is 0 Å². The zero-order valence-electron chi connectivity index (χ0n) is 11.6. The van der Waals surface area contributed by atoms with E-state index in [0.29, 0.717) is 27.8 Å². The lowest BCUT2D eigenvalue weighted by atomic mass is 10.0. The highest BCUT2D eigenvalue weighted by molar-refractivity contribution is 6.37. The molecule has 1 aromatic heterocycles. The van der Waals surface area contributed by atoms with Gasteiger partial charge < -0.3 is 10.2 Å². The van der Waals surface area contributed by atoms with Crippen LogP contribution in [0.4, 0.5) is 11.6 Å². The minimum absolute atomic E-state index is 0.376. The Morgan fingerprint density at radius 2 is 1.89 bits per heavy atom. The van der Waals surface area contributed by atoms with Gasteiger partial charge in [0.05, 0.1) is 10.0 Å². The molecule has 0 spiro atoms. The molecular formula is C13H21Cl2N3. The van der Waals surface area contributed by atoms with E-state index >= 15 is 0 Å². The van der Waals surface area contributed by atoms with Crippen molar-refractivity contribution in [3.05, 3.63) is 16.1 Å². The van der Waals surface area contributed by atoms with E-state index in [2.05, 4.69) is 36.0 Å². The summed E-state index contributed by atoms with van der Waals surface area (Å²) in [6.45, 7) is 6.59. The average molecular weight is 290 g/mol. The molecule has 0 amide bonds. The van der Waals surface area contributed by atoms with Crippen LogP contribution in [0.2, 0.25) is 10.0 Å². The van der Waals surface area contributed by atoms with Gasteiger partial charge in [0.2, 0.25) is 0 Å². The number of pyridine rings is 1. The second-order valence-electron chi connectivity index (χ2n) is 4.96. The number of rotatable bonds is 5. The molecule has 0 bridgehead atoms. The molecule has 5 heteroatoms. The van der Waals surface area contributed by atoms with Gasteiger partial charge in [-0.1, -0.05) is 37.0 Å². The van der Waals surface area contributed by atoms with Gasteiger partial charge in [0.1, 0.15) is 11.6 Å². The van der Waals surface area contributed by atoms with Crippen LogP contribution in [0.3, 0.4) is 0 Å². The van der Waals surface area contributed by atoms with Crippen molar-refractivity contribution in [1.82, 2.24) is 4.98 Å². The summed E-state index contributed by atoms with van der Waals surface area (Å²) in [5, 5.41) is 4.09. The van der Waals surface area contributed by atoms with E-state index in [9.17, 15) is 0 Å². The van der Waals surface area contributed by atoms with E-state index in [1.54, 1.807) is 13.1 Å². The number of nitrogens with one attached hydrogen (secondary N) is 1. The third kappa shape index (κ3) is 3.66. The fraction of sp³-hybridized carbons (Fsp3) is 0.615. The number of aromatic nitrogens is 1. The first kappa shape index (κ1) is 15.4. The van der Waals surface area contributed by atoms with Gasteiger partial charge in [-0.25, -0.2) is 4.98 Å². The van der Waals surface area contributed by atoms with Gasteiger partial charge in [-0.05, 0) is 25.3 Å². The van der Waals surface area contributed by atoms with E-state index in [1.807, 2.05) is 7.05 Å². The van der Waals surface area contributed by atoms with Crippen LogP contribution >= 0.6 is 23.2 Å². The average Bonchev–Trinajstić information content (AvgIpc) is 2.27. The lowest BCUT2D eigenvalue weighted by Crippen LogP contribution is -2.31. The number of hydrogen-bond acceptors (Lipinski definition) is 3. The normalized spacial score (nSPS) is 12.7. The van der Waals surface area contributed by atoms with Gasteiger partial charge in [0.25, 0.3) is 0 Å². The number of hydrogen-bond donors (Lipinski definition) is 1. The van der Waals surface area contributed by atoms with Crippen LogP contribution < -0.4 is 10.2 Å². The predicted molar refractivity (Wildman–Crippen MR) is 81.1 cm³/mol. The topological polar surface area (TPSA) is 28.2 Å². The molecule has 1 rings (SSSR count). The maximum absolute atomic E-state index is 6.22. The second kappa shape index (κ2) is 6.48. The zero-order valence-corrected chi connectivity index (χ0v) is 13.1. The van der Waals surface area contributed by atoms with E-state index in [-0.39, 0.29) is 0 Å². The Bertz CT molecular complexity index is 407. The molecule has 0 aliphatic carbocycles. The molecule has 0 aliphatic rings. The molecule has 0 radical (unpaired) electrons. The van der Waals surface area contributed by atoms with Gasteiger partial charge >= 0.3 is 0 Å². The molecule has 1 N–H and O–H groups in total. The summed E-state index contributed by atoms with van der Waals surface area (Å²) in [7, 11) is 3.80. The van der Waals surface area contributed by atoms with Gasteiger partial charge in [-0.15, -0.1) is 0 Å². The summed E-state index contributed by atoms with van der Waals surface area (Å²) in [5.74, 6) is 2.05. The zero-order chi connectivity index (χ0) is 13.9. The SMILES string of the molecule is CNc1nc(N(C)C(C)CC(C)C)c(Cl)cc1Cl. The molecule has 3 nitrogen and oxygen atoms in total. The van der Waals surface area contributed by atoms with Crippen molar-refractivity contribution in [2.24, 2.45) is 5.92 Å². The maximum atomic E-state index is 6.22. The maximum Gasteiger partial charge on any atom is 0.149 e. The fourth-order valence-electron chi connectivity index (χ4n) is 1.93. The molecule has 0 aromatic carbocycles. The van der Waals surface area contributed by atoms with E-state index in [1.165, 1.54) is 0 Å². The Balaban J connectivity index is 3.01. The lowest BCUT2D eigenvalue weighted by Gasteiger charge is -2.28. The van der Waals surface area contributed by atoms with Crippen molar-refractivity contribution >= 4 is 34.8 Å². The number of nitrogens with zero attached hydrogens (tertiary/aromatic N) is 2. The van der Waals surface area contributed by atoms with Crippen LogP contribution in [0.25, 0.3) is 0 Å². The van der Waals surface area contributed by atoms with E-state index in [4.69, 9.17) is 23.2 Å². The Hall–Kier alpha value is -0.670. The van der Waals surface area contributed by atoms with Crippen molar-refractivity contribution in [3.63, 3.8) is 0 Å². The quantitative estimate of drug-likeness (QED) is 0.876. The minimum atomic E-state index is 0.376. The van der Waals surface area contributed by atoms with Gasteiger partial charge in [0, 0.05) is 20.1 Å². The highest BCUT2D eigenvalue weighted by Gasteiger charge is 2.17. The van der Waals surface area contributed by atoms with E-state index < -0.39 is 0 Å². The van der Waals surface area contributed by atoms with Crippen LogP contribution in [0, 0.1) is 5.92 Å². The third-order valence-corrected chi connectivity index (χ3v) is 3.52. The highest BCUT2D eigenvalue weighted by Crippen LogP contribution is 2.32. The third-order valence-electron chi connectivity index (χ3n) is 2.96. The molecule has 1 atom stereocenters. The predicted octanol–water partition coefficient (Wildman–Crippen LogP) is 4.30. The molecule has 0 saturated carbocycles. The van der Waals surface area contributed by atoms with E-state index in [0.717, 1.165) is 12.2 Å². The van der Waals surface area contributed by atoms with Crippen molar-refractivity contribution < 1.29 is 0 Å². The van der Waals surface area contributed by atoms with Gasteiger partial charge in [0.15, 0.2) is 0 Å². The fourth-order valence-corrected chi connectivity index (χ4v) is 2.52. The standard InChI is InChI=1S/C13H21Cl2N3/c1-8(2)6-9(3)18(5)13-11(15)7-10(14)12(16-4)17-13/h7-9H,6H2,1-5H3,(H,16,17). The van der Waals surface area contributed by atoms with Crippen LogP contribution in [-0.4, -0.2) is 25.1 Å². The lowest BCUT2D eigenvalue weighted by molar-refractivity contribution is 0.502. The first-order valence-electron chi connectivity index (χ1n) is 6.13. The second-order valence-corrected chi connectivity index (χ2v) is 5.78. The summed E-state index contributed by atoms with van der Waals surface area (Å²) >= 11 is 12.3. The van der Waals surface area contributed by atoms with Crippen molar-refractivity contribution in [3.8, 4) is 0 Å². The molecule has 102 valence electrons. The Morgan fingerprint density at radius 3 is 2.39 bits per heavy atom. The molecule has 0 aliphatic heterocycles. The van der Waals surface area contributed by atoms with Crippen molar-refractivity contribution in [2.45, 2.75) is 33.2 Å². The summed E-state index contributed by atoms with van der Waals surface area (Å²) in [4.78, 5) is 6.57. The Labute approximate surface area is 119 Å². The summed E-state index contributed by atoms with van der Waals surface area (Å²) in [6, 6.07) is 2.11. The van der Waals surface area contributed by atoms with Gasteiger partial charge in [-0.2, -0.15) is 0 Å².